The van der Waals surface area contributed by atoms with E-state index in [0.717, 1.165) is 49.9 Å². The van der Waals surface area contributed by atoms with Crippen molar-refractivity contribution in [3.05, 3.63) is 29.3 Å². The molecule has 1 spiro atoms. The van der Waals surface area contributed by atoms with Crippen LogP contribution in [0.15, 0.2) is 18.2 Å². The van der Waals surface area contributed by atoms with Crippen LogP contribution in [0.2, 0.25) is 0 Å². The van der Waals surface area contributed by atoms with E-state index in [1.807, 2.05) is 11.0 Å². The number of benzene rings is 1. The molecule has 10 nitrogen and oxygen atoms in total. The van der Waals surface area contributed by atoms with E-state index in [1.165, 1.54) is 0 Å². The Morgan fingerprint density at radius 1 is 1.25 bits per heavy atom. The molecule has 1 saturated carbocycles. The van der Waals surface area contributed by atoms with Crippen LogP contribution in [0.4, 0.5) is 0 Å². The van der Waals surface area contributed by atoms with Gasteiger partial charge in [-0.15, -0.1) is 0 Å². The normalized spacial score (nSPS) is 26.1. The third kappa shape index (κ3) is 5.47. The molecule has 0 aromatic heterocycles. The number of nitrogens with zero attached hydrogens (tertiary/aromatic N) is 1. The quantitative estimate of drug-likeness (QED) is 0.270. The van der Waals surface area contributed by atoms with Crippen molar-refractivity contribution >= 4 is 22.2 Å². The first kappa shape index (κ1) is 26.7. The van der Waals surface area contributed by atoms with Crippen molar-refractivity contribution in [3.8, 4) is 5.75 Å². The minimum Gasteiger partial charge on any atom is -0.371 e. The Morgan fingerprint density at radius 2 is 1.92 bits per heavy atom. The summed E-state index contributed by atoms with van der Waals surface area (Å²) in [6.07, 6.45) is 5.52. The molecule has 2 heterocycles. The molecule has 1 aliphatic carbocycles. The summed E-state index contributed by atoms with van der Waals surface area (Å²) in [4.78, 5) is 16.3. The van der Waals surface area contributed by atoms with Gasteiger partial charge in [-0.2, -0.15) is 13.6 Å². The lowest BCUT2D eigenvalue weighted by Crippen LogP contribution is -2.59. The summed E-state index contributed by atoms with van der Waals surface area (Å²) in [5.41, 5.74) is 6.78. The van der Waals surface area contributed by atoms with E-state index < -0.39 is 15.7 Å². The fraction of sp³-hybridized carbons (Fsp3) is 0.680. The number of hydrogen-bond donors (Lipinski definition) is 5. The average molecular weight is 521 g/mol. The number of fused-ring (bicyclic) bond motifs is 2. The second-order valence-electron chi connectivity index (χ2n) is 10.9. The zero-order valence-corrected chi connectivity index (χ0v) is 22.1. The van der Waals surface area contributed by atoms with E-state index in [0.29, 0.717) is 37.8 Å². The van der Waals surface area contributed by atoms with Crippen LogP contribution in [-0.2, 0) is 20.5 Å². The lowest BCUT2D eigenvalue weighted by Gasteiger charge is -2.52. The van der Waals surface area contributed by atoms with Gasteiger partial charge in [0.1, 0.15) is 5.75 Å². The highest BCUT2D eigenvalue weighted by Crippen LogP contribution is 2.51. The second kappa shape index (κ2) is 10.5. The monoisotopic (exact) mass is 520 g/mol. The number of guanidine groups is 1. The average Bonchev–Trinajstić information content (AvgIpc) is 2.82. The molecular weight excluding hydrogens is 480 g/mol. The third-order valence-electron chi connectivity index (χ3n) is 8.41. The molecule has 3 aliphatic rings. The summed E-state index contributed by atoms with van der Waals surface area (Å²) in [5, 5.41) is 19.0. The van der Waals surface area contributed by atoms with Gasteiger partial charge in [0.05, 0.1) is 11.5 Å². The van der Waals surface area contributed by atoms with Crippen LogP contribution in [0, 0.1) is 23.2 Å². The predicted octanol–water partition coefficient (Wildman–Crippen LogP) is 1.72. The minimum absolute atomic E-state index is 0.109. The van der Waals surface area contributed by atoms with Crippen LogP contribution in [0.1, 0.15) is 69.5 Å². The van der Waals surface area contributed by atoms with Crippen molar-refractivity contribution in [1.29, 1.82) is 5.41 Å². The van der Waals surface area contributed by atoms with Crippen molar-refractivity contribution in [1.82, 2.24) is 15.5 Å². The Labute approximate surface area is 214 Å². The molecule has 7 N–H and O–H groups in total. The van der Waals surface area contributed by atoms with Crippen molar-refractivity contribution < 1.29 is 17.4 Å². The SMILES string of the molecule is CC(C)C1CCC(C2c3cc(OS(N)(=O)=O)ccc3C3(CCNCC3)C(=O)N2CCNC(=N)N)CC1. The Balaban J connectivity index is 1.79. The van der Waals surface area contributed by atoms with E-state index in [2.05, 4.69) is 24.5 Å². The Kier molecular flexibility index (Phi) is 7.82. The van der Waals surface area contributed by atoms with E-state index in [9.17, 15) is 13.2 Å². The van der Waals surface area contributed by atoms with Gasteiger partial charge in [-0.25, -0.2) is 0 Å². The van der Waals surface area contributed by atoms with Gasteiger partial charge in [0.15, 0.2) is 5.96 Å². The van der Waals surface area contributed by atoms with Gasteiger partial charge in [0, 0.05) is 13.1 Å². The number of hydrogen-bond acceptors (Lipinski definition) is 6. The minimum atomic E-state index is -4.18. The lowest BCUT2D eigenvalue weighted by molar-refractivity contribution is -0.145. The first-order valence-electron chi connectivity index (χ1n) is 13.0. The molecule has 200 valence electrons. The van der Waals surface area contributed by atoms with Gasteiger partial charge in [-0.3, -0.25) is 10.2 Å². The summed E-state index contributed by atoms with van der Waals surface area (Å²) in [6.45, 7) is 6.76. The molecule has 4 rings (SSSR count). The molecule has 2 fully saturated rings. The summed E-state index contributed by atoms with van der Waals surface area (Å²) in [6, 6.07) is 5.05. The van der Waals surface area contributed by atoms with Gasteiger partial charge in [0.25, 0.3) is 0 Å². The molecule has 1 saturated heterocycles. The summed E-state index contributed by atoms with van der Waals surface area (Å²) >= 11 is 0. The maximum absolute atomic E-state index is 14.3. The van der Waals surface area contributed by atoms with Crippen LogP contribution in [0.3, 0.4) is 0 Å². The van der Waals surface area contributed by atoms with Gasteiger partial charge in [-0.05, 0) is 92.6 Å². The number of nitrogens with two attached hydrogens (primary N) is 2. The first-order valence-corrected chi connectivity index (χ1v) is 14.5. The Hall–Kier alpha value is -2.37. The van der Waals surface area contributed by atoms with Crippen LogP contribution in [-0.4, -0.2) is 51.4 Å². The summed E-state index contributed by atoms with van der Waals surface area (Å²) < 4.78 is 28.5. The molecule has 0 radical (unpaired) electrons. The number of nitrogens with one attached hydrogen (secondary N) is 3. The maximum atomic E-state index is 14.3. The molecule has 1 aromatic rings. The van der Waals surface area contributed by atoms with Crippen molar-refractivity contribution in [3.63, 3.8) is 0 Å². The topological polar surface area (TPSA) is 164 Å². The smallest absolute Gasteiger partial charge is 0.371 e. The predicted molar refractivity (Wildman–Crippen MR) is 139 cm³/mol. The van der Waals surface area contributed by atoms with Gasteiger partial charge in [0.2, 0.25) is 5.91 Å². The fourth-order valence-corrected chi connectivity index (χ4v) is 6.99. The third-order valence-corrected chi connectivity index (χ3v) is 8.83. The van der Waals surface area contributed by atoms with Gasteiger partial charge < -0.3 is 25.5 Å². The number of rotatable bonds is 7. The highest BCUT2D eigenvalue weighted by molar-refractivity contribution is 7.84. The Bertz CT molecular complexity index is 1080. The molecule has 11 heteroatoms. The zero-order valence-electron chi connectivity index (χ0n) is 21.3. The van der Waals surface area contributed by atoms with E-state index >= 15 is 0 Å². The van der Waals surface area contributed by atoms with Gasteiger partial charge in [-0.1, -0.05) is 19.9 Å². The highest BCUT2D eigenvalue weighted by atomic mass is 32.2. The molecule has 2 aliphatic heterocycles. The number of carbonyl (C=O) groups excluding carboxylic acids is 1. The number of piperidine rings is 1. The van der Waals surface area contributed by atoms with Crippen molar-refractivity contribution in [2.24, 2.45) is 28.6 Å². The molecule has 1 amide bonds. The van der Waals surface area contributed by atoms with Crippen molar-refractivity contribution in [2.45, 2.75) is 63.8 Å². The van der Waals surface area contributed by atoms with E-state index in [1.54, 1.807) is 12.1 Å². The molecule has 1 unspecified atom stereocenters. The first-order chi connectivity index (χ1) is 17.0. The molecule has 36 heavy (non-hydrogen) atoms. The van der Waals surface area contributed by atoms with Gasteiger partial charge >= 0.3 is 10.3 Å². The summed E-state index contributed by atoms with van der Waals surface area (Å²) in [7, 11) is -4.18. The number of amides is 1. The Morgan fingerprint density at radius 3 is 2.50 bits per heavy atom. The highest BCUT2D eigenvalue weighted by Gasteiger charge is 2.52. The van der Waals surface area contributed by atoms with Crippen LogP contribution in [0.25, 0.3) is 0 Å². The van der Waals surface area contributed by atoms with Crippen LogP contribution >= 0.6 is 0 Å². The molecule has 1 atom stereocenters. The lowest BCUT2D eigenvalue weighted by atomic mass is 9.63. The standard InChI is InChI=1S/C25H40N6O4S/c1-16(2)17-3-5-18(6-4-17)22-20-15-19(35-36(28,33)34)7-8-21(20)25(9-11-29-12-10-25)23(32)31(22)14-13-30-24(26)27/h7-8,15-18,22,29H,3-6,9-14H2,1-2H3,(H4,26,27,30)(H2,28,33,34). The zero-order chi connectivity index (χ0) is 26.1. The van der Waals surface area contributed by atoms with Crippen LogP contribution < -0.4 is 25.7 Å². The van der Waals surface area contributed by atoms with E-state index in [4.69, 9.17) is 20.5 Å². The molecular formula is C25H40N6O4S. The second-order valence-corrected chi connectivity index (χ2v) is 12.0. The molecule has 0 bridgehead atoms. The summed E-state index contributed by atoms with van der Waals surface area (Å²) in [5.74, 6) is 1.67. The molecule has 1 aromatic carbocycles. The van der Waals surface area contributed by atoms with E-state index in [-0.39, 0.29) is 29.6 Å². The maximum Gasteiger partial charge on any atom is 0.380 e. The largest absolute Gasteiger partial charge is 0.380 e. The van der Waals surface area contributed by atoms with Crippen LogP contribution in [0.5, 0.6) is 5.75 Å². The number of carbonyl (C=O) groups is 1. The van der Waals surface area contributed by atoms with Crippen molar-refractivity contribution in [2.75, 3.05) is 26.2 Å². The fourth-order valence-electron chi connectivity index (χ4n) is 6.62.